The minimum Gasteiger partial charge on any atom is -0.494 e. The normalized spacial score (nSPS) is 11.4. The number of nitrogen functional groups attached to an aromatic ring is 1. The van der Waals surface area contributed by atoms with E-state index in [4.69, 9.17) is 10.5 Å². The summed E-state index contributed by atoms with van der Waals surface area (Å²) in [5.74, 6) is -0.747. The van der Waals surface area contributed by atoms with Crippen molar-refractivity contribution in [2.45, 2.75) is 0 Å². The number of fused-ring (bicyclic) bond motifs is 1. The van der Waals surface area contributed by atoms with Gasteiger partial charge in [0.05, 0.1) is 24.0 Å². The van der Waals surface area contributed by atoms with E-state index in [9.17, 15) is 8.78 Å². The van der Waals surface area contributed by atoms with Crippen molar-refractivity contribution in [2.24, 2.45) is 0 Å². The molecule has 0 amide bonds. The molecule has 0 spiro atoms. The number of ether oxygens (including phenoxy) is 1. The minimum atomic E-state index is -0.491. The second kappa shape index (κ2) is 5.48. The predicted octanol–water partition coefficient (Wildman–Crippen LogP) is 3.60. The second-order valence-electron chi connectivity index (χ2n) is 4.76. The molecule has 4 nitrogen and oxygen atoms in total. The molecule has 0 bridgehead atoms. The summed E-state index contributed by atoms with van der Waals surface area (Å²) in [5.41, 5.74) is 7.57. The van der Waals surface area contributed by atoms with E-state index in [1.807, 2.05) is 0 Å². The van der Waals surface area contributed by atoms with Crippen molar-refractivity contribution in [3.63, 3.8) is 0 Å². The molecular weight excluding hydrogens is 288 g/mol. The Morgan fingerprint density at radius 2 is 1.95 bits per heavy atom. The predicted molar refractivity (Wildman–Crippen MR) is 82.3 cm³/mol. The maximum atomic E-state index is 13.4. The summed E-state index contributed by atoms with van der Waals surface area (Å²) in [7, 11) is 1.41. The van der Waals surface area contributed by atoms with E-state index in [-0.39, 0.29) is 11.4 Å². The van der Waals surface area contributed by atoms with Gasteiger partial charge in [0, 0.05) is 11.5 Å². The molecule has 0 fully saturated rings. The van der Waals surface area contributed by atoms with Gasteiger partial charge in [-0.05, 0) is 29.8 Å². The lowest BCUT2D eigenvalue weighted by molar-refractivity contribution is 0.386. The van der Waals surface area contributed by atoms with Gasteiger partial charge in [0.1, 0.15) is 5.82 Å². The molecule has 0 saturated heterocycles. The average molecular weight is 301 g/mol. The first-order valence-corrected chi connectivity index (χ1v) is 6.53. The average Bonchev–Trinajstić information content (AvgIpc) is 2.89. The number of methoxy groups -OCH3 is 1. The molecule has 0 aliphatic rings. The lowest BCUT2D eigenvalue weighted by Crippen LogP contribution is -1.89. The number of rotatable bonds is 3. The van der Waals surface area contributed by atoms with Crippen LogP contribution in [-0.2, 0) is 0 Å². The Morgan fingerprint density at radius 3 is 2.73 bits per heavy atom. The molecule has 112 valence electrons. The first-order valence-electron chi connectivity index (χ1n) is 6.53. The Kier molecular flexibility index (Phi) is 3.50. The topological polar surface area (TPSA) is 63.9 Å². The first-order chi connectivity index (χ1) is 10.6. The number of nitrogens with zero attached hydrogens (tertiary/aromatic N) is 1. The molecule has 0 unspecified atom stereocenters. The summed E-state index contributed by atoms with van der Waals surface area (Å²) in [4.78, 5) is 0. The second-order valence-corrected chi connectivity index (χ2v) is 4.76. The summed E-state index contributed by atoms with van der Waals surface area (Å²) >= 11 is 0. The summed E-state index contributed by atoms with van der Waals surface area (Å²) in [5, 5.41) is 7.57. The zero-order valence-corrected chi connectivity index (χ0v) is 11.7. The minimum absolute atomic E-state index is 0.0620. The van der Waals surface area contributed by atoms with Crippen LogP contribution in [0.3, 0.4) is 0 Å². The molecule has 3 rings (SSSR count). The number of anilines is 1. The summed E-state index contributed by atoms with van der Waals surface area (Å²) < 4.78 is 31.7. The molecular formula is C16H13F2N3O. The van der Waals surface area contributed by atoms with Crippen LogP contribution in [0.2, 0.25) is 0 Å². The molecule has 2 aromatic carbocycles. The summed E-state index contributed by atoms with van der Waals surface area (Å²) in [6.07, 6.45) is 3.50. The number of hydrogen-bond acceptors (Lipinski definition) is 3. The largest absolute Gasteiger partial charge is 0.494 e. The van der Waals surface area contributed by atoms with Crippen LogP contribution in [-0.4, -0.2) is 17.3 Å². The van der Waals surface area contributed by atoms with Crippen molar-refractivity contribution in [2.75, 3.05) is 12.8 Å². The van der Waals surface area contributed by atoms with Crippen LogP contribution >= 0.6 is 0 Å². The lowest BCUT2D eigenvalue weighted by Gasteiger charge is -2.02. The smallest absolute Gasteiger partial charge is 0.165 e. The molecule has 0 aliphatic carbocycles. The van der Waals surface area contributed by atoms with Crippen molar-refractivity contribution in [1.82, 2.24) is 10.2 Å². The van der Waals surface area contributed by atoms with E-state index in [2.05, 4.69) is 10.2 Å². The Morgan fingerprint density at radius 1 is 1.14 bits per heavy atom. The van der Waals surface area contributed by atoms with Gasteiger partial charge in [-0.3, -0.25) is 5.10 Å². The lowest BCUT2D eigenvalue weighted by atomic mass is 10.1. The van der Waals surface area contributed by atoms with Gasteiger partial charge >= 0.3 is 0 Å². The number of H-pyrrole nitrogens is 1. The van der Waals surface area contributed by atoms with E-state index >= 15 is 0 Å². The molecule has 22 heavy (non-hydrogen) atoms. The van der Waals surface area contributed by atoms with Crippen LogP contribution in [0.4, 0.5) is 14.5 Å². The molecule has 3 aromatic rings. The monoisotopic (exact) mass is 301 g/mol. The van der Waals surface area contributed by atoms with Crippen LogP contribution < -0.4 is 10.5 Å². The van der Waals surface area contributed by atoms with Crippen molar-refractivity contribution >= 4 is 28.7 Å². The molecule has 0 saturated carbocycles. The third-order valence-electron chi connectivity index (χ3n) is 3.32. The van der Waals surface area contributed by atoms with Gasteiger partial charge in [0.25, 0.3) is 0 Å². The fourth-order valence-electron chi connectivity index (χ4n) is 2.16. The molecule has 0 radical (unpaired) electrons. The molecule has 1 heterocycles. The fourth-order valence-corrected chi connectivity index (χ4v) is 2.16. The molecule has 0 atom stereocenters. The van der Waals surface area contributed by atoms with Gasteiger partial charge in [-0.15, -0.1) is 0 Å². The highest BCUT2D eigenvalue weighted by Gasteiger charge is 2.07. The van der Waals surface area contributed by atoms with Gasteiger partial charge < -0.3 is 10.5 Å². The van der Waals surface area contributed by atoms with Crippen LogP contribution in [0.25, 0.3) is 23.1 Å². The number of nitrogens with two attached hydrogens (primary N) is 1. The summed E-state index contributed by atoms with van der Waals surface area (Å²) in [6, 6.07) is 7.36. The van der Waals surface area contributed by atoms with Gasteiger partial charge in [-0.2, -0.15) is 5.10 Å². The third-order valence-corrected chi connectivity index (χ3v) is 3.32. The number of benzene rings is 2. The Labute approximate surface area is 125 Å². The zero-order valence-electron chi connectivity index (χ0n) is 11.7. The molecule has 3 N–H and O–H groups in total. The molecule has 1 aromatic heterocycles. The van der Waals surface area contributed by atoms with E-state index < -0.39 is 11.6 Å². The first kappa shape index (κ1) is 14.1. The van der Waals surface area contributed by atoms with E-state index in [1.54, 1.807) is 24.3 Å². The Bertz CT molecular complexity index is 871. The zero-order chi connectivity index (χ0) is 15.7. The van der Waals surface area contributed by atoms with Crippen LogP contribution in [0.1, 0.15) is 11.3 Å². The maximum absolute atomic E-state index is 13.4. The highest BCUT2D eigenvalue weighted by Crippen LogP contribution is 2.24. The Balaban J connectivity index is 1.97. The van der Waals surface area contributed by atoms with Gasteiger partial charge in [0.15, 0.2) is 11.6 Å². The maximum Gasteiger partial charge on any atom is 0.165 e. The van der Waals surface area contributed by atoms with Crippen molar-refractivity contribution in [3.05, 3.63) is 53.2 Å². The van der Waals surface area contributed by atoms with Crippen molar-refractivity contribution in [1.29, 1.82) is 0 Å². The number of halogens is 2. The van der Waals surface area contributed by atoms with Crippen LogP contribution in [0.5, 0.6) is 5.75 Å². The third kappa shape index (κ3) is 2.50. The van der Waals surface area contributed by atoms with Gasteiger partial charge in [-0.25, -0.2) is 8.78 Å². The standard InChI is InChI=1S/C16H13F2N3O/c1-22-16-6-9(2-4-11(16)17)3-5-14-10-7-13(19)12(18)8-15(10)21-20-14/h2-8H,19H2,1H3,(H,20,21)/b5-3+. The number of nitrogens with one attached hydrogen (secondary N) is 1. The number of hydrogen-bond donors (Lipinski definition) is 2. The van der Waals surface area contributed by atoms with Crippen molar-refractivity contribution in [3.8, 4) is 5.75 Å². The van der Waals surface area contributed by atoms with Crippen LogP contribution in [0.15, 0.2) is 30.3 Å². The highest BCUT2D eigenvalue weighted by molar-refractivity contribution is 5.91. The summed E-state index contributed by atoms with van der Waals surface area (Å²) in [6.45, 7) is 0. The molecule has 6 heteroatoms. The number of aromatic nitrogens is 2. The fraction of sp³-hybridized carbons (Fsp3) is 0.0625. The van der Waals surface area contributed by atoms with E-state index in [1.165, 1.54) is 25.3 Å². The van der Waals surface area contributed by atoms with Crippen molar-refractivity contribution < 1.29 is 13.5 Å². The highest BCUT2D eigenvalue weighted by atomic mass is 19.1. The number of aromatic amines is 1. The van der Waals surface area contributed by atoms with Gasteiger partial charge in [0.2, 0.25) is 0 Å². The Hall–Kier alpha value is -2.89. The van der Waals surface area contributed by atoms with E-state index in [0.29, 0.717) is 16.6 Å². The SMILES string of the molecule is COc1cc(/C=C/c2n[nH]c3cc(F)c(N)cc23)ccc1F. The van der Waals surface area contributed by atoms with E-state index in [0.717, 1.165) is 5.56 Å². The molecule has 0 aliphatic heterocycles. The van der Waals surface area contributed by atoms with Crippen LogP contribution in [0, 0.1) is 11.6 Å². The quantitative estimate of drug-likeness (QED) is 0.726. The van der Waals surface area contributed by atoms with Gasteiger partial charge in [-0.1, -0.05) is 12.1 Å².